The molecule has 0 bridgehead atoms. The van der Waals surface area contributed by atoms with E-state index in [0.717, 1.165) is 38.3 Å². The highest BCUT2D eigenvalue weighted by Gasteiger charge is 2.45. The Morgan fingerprint density at radius 2 is 2.10 bits per heavy atom. The van der Waals surface area contributed by atoms with Crippen LogP contribution >= 0.6 is 12.4 Å². The third-order valence-electron chi connectivity index (χ3n) is 4.06. The number of halogens is 1. The summed E-state index contributed by atoms with van der Waals surface area (Å²) in [6.45, 7) is 3.53. The van der Waals surface area contributed by atoms with Crippen LogP contribution in [0, 0.1) is 5.92 Å². The van der Waals surface area contributed by atoms with Gasteiger partial charge in [0.15, 0.2) is 0 Å². The monoisotopic (exact) mass is 296 g/mol. The maximum atomic E-state index is 12.4. The molecular weight excluding hydrogens is 276 g/mol. The van der Waals surface area contributed by atoms with Crippen molar-refractivity contribution < 1.29 is 9.53 Å². The van der Waals surface area contributed by atoms with Gasteiger partial charge in [0, 0.05) is 32.1 Å². The first kappa shape index (κ1) is 15.1. The van der Waals surface area contributed by atoms with Crippen LogP contribution < -0.4 is 10.1 Å². The van der Waals surface area contributed by atoms with E-state index in [2.05, 4.69) is 17.4 Å². The number of hydrogen-bond donors (Lipinski definition) is 1. The molecule has 4 nitrogen and oxygen atoms in total. The molecule has 1 saturated heterocycles. The average Bonchev–Trinajstić information content (AvgIpc) is 3.28. The third-order valence-corrected chi connectivity index (χ3v) is 4.06. The molecule has 2 unspecified atom stereocenters. The number of methoxy groups -OCH3 is 1. The highest BCUT2D eigenvalue weighted by molar-refractivity contribution is 5.85. The Labute approximate surface area is 125 Å². The molecule has 1 aliphatic carbocycles. The Balaban J connectivity index is 0.00000147. The van der Waals surface area contributed by atoms with Crippen molar-refractivity contribution in [2.24, 2.45) is 5.92 Å². The molecule has 110 valence electrons. The second kappa shape index (κ2) is 6.46. The van der Waals surface area contributed by atoms with Gasteiger partial charge in [-0.1, -0.05) is 12.1 Å². The highest BCUT2D eigenvalue weighted by atomic mass is 35.5. The number of piperazine rings is 1. The number of ether oxygens (including phenoxy) is 1. The molecule has 2 fully saturated rings. The smallest absolute Gasteiger partial charge is 0.226 e. The summed E-state index contributed by atoms with van der Waals surface area (Å²) in [7, 11) is 1.68. The number of carbonyl (C=O) groups excluding carboxylic acids is 1. The summed E-state index contributed by atoms with van der Waals surface area (Å²) in [5.74, 6) is 1.77. The lowest BCUT2D eigenvalue weighted by molar-refractivity contribution is -0.133. The molecule has 0 spiro atoms. The molecule has 1 saturated carbocycles. The van der Waals surface area contributed by atoms with Crippen molar-refractivity contribution in [1.29, 1.82) is 0 Å². The Bertz CT molecular complexity index is 475. The van der Waals surface area contributed by atoms with Gasteiger partial charge in [0.25, 0.3) is 0 Å². The molecule has 1 aromatic rings. The zero-order chi connectivity index (χ0) is 13.2. The fourth-order valence-electron chi connectivity index (χ4n) is 2.83. The van der Waals surface area contributed by atoms with Gasteiger partial charge >= 0.3 is 0 Å². The summed E-state index contributed by atoms with van der Waals surface area (Å²) in [4.78, 5) is 14.4. The number of nitrogens with zero attached hydrogens (tertiary/aromatic N) is 1. The normalized spacial score (nSPS) is 24.8. The maximum Gasteiger partial charge on any atom is 0.226 e. The summed E-state index contributed by atoms with van der Waals surface area (Å²) >= 11 is 0. The van der Waals surface area contributed by atoms with Gasteiger partial charge in [-0.15, -0.1) is 12.4 Å². The minimum atomic E-state index is 0. The number of hydrogen-bond acceptors (Lipinski definition) is 3. The van der Waals surface area contributed by atoms with E-state index in [1.807, 2.05) is 17.0 Å². The van der Waals surface area contributed by atoms with Crippen LogP contribution in [-0.4, -0.2) is 44.1 Å². The molecule has 20 heavy (non-hydrogen) atoms. The Hall–Kier alpha value is -1.26. The van der Waals surface area contributed by atoms with Crippen LogP contribution in [0.15, 0.2) is 24.3 Å². The van der Waals surface area contributed by atoms with Crippen LogP contribution in [-0.2, 0) is 4.79 Å². The SMILES string of the molecule is COc1cccc(C2CC2C(=O)N2CCNCC2)c1.Cl. The Morgan fingerprint density at radius 3 is 2.80 bits per heavy atom. The van der Waals surface area contributed by atoms with Crippen LogP contribution in [0.3, 0.4) is 0 Å². The van der Waals surface area contributed by atoms with E-state index < -0.39 is 0 Å². The van der Waals surface area contributed by atoms with Crippen molar-refractivity contribution in [3.8, 4) is 5.75 Å². The predicted molar refractivity (Wildman–Crippen MR) is 80.5 cm³/mol. The molecule has 2 aliphatic rings. The minimum absolute atomic E-state index is 0. The largest absolute Gasteiger partial charge is 0.497 e. The topological polar surface area (TPSA) is 41.6 Å². The molecule has 0 aromatic heterocycles. The fourth-order valence-corrected chi connectivity index (χ4v) is 2.83. The van der Waals surface area contributed by atoms with Gasteiger partial charge in [-0.05, 0) is 30.0 Å². The molecule has 0 radical (unpaired) electrons. The number of amides is 1. The van der Waals surface area contributed by atoms with E-state index in [1.165, 1.54) is 5.56 Å². The van der Waals surface area contributed by atoms with E-state index in [0.29, 0.717) is 11.8 Å². The van der Waals surface area contributed by atoms with Gasteiger partial charge in [0.2, 0.25) is 5.91 Å². The van der Waals surface area contributed by atoms with Gasteiger partial charge in [0.05, 0.1) is 7.11 Å². The summed E-state index contributed by atoms with van der Waals surface area (Å²) in [5, 5.41) is 3.28. The first-order valence-corrected chi connectivity index (χ1v) is 6.93. The zero-order valence-electron chi connectivity index (χ0n) is 11.7. The van der Waals surface area contributed by atoms with Crippen LogP contribution in [0.1, 0.15) is 17.9 Å². The maximum absolute atomic E-state index is 12.4. The van der Waals surface area contributed by atoms with Gasteiger partial charge in [0.1, 0.15) is 5.75 Å². The molecule has 3 rings (SSSR count). The molecule has 1 heterocycles. The fraction of sp³-hybridized carbons (Fsp3) is 0.533. The summed E-state index contributed by atoms with van der Waals surface area (Å²) < 4.78 is 5.24. The standard InChI is InChI=1S/C15H20N2O2.ClH/c1-19-12-4-2-3-11(9-12)13-10-14(13)15(18)17-7-5-16-6-8-17;/h2-4,9,13-14,16H,5-8,10H2,1H3;1H. The number of carbonyl (C=O) groups is 1. The lowest BCUT2D eigenvalue weighted by Crippen LogP contribution is -2.47. The second-order valence-corrected chi connectivity index (χ2v) is 5.30. The predicted octanol–water partition coefficient (Wildman–Crippen LogP) is 1.65. The molecular formula is C15H21ClN2O2. The number of nitrogens with one attached hydrogen (secondary N) is 1. The second-order valence-electron chi connectivity index (χ2n) is 5.30. The van der Waals surface area contributed by atoms with Crippen molar-refractivity contribution in [2.75, 3.05) is 33.3 Å². The van der Waals surface area contributed by atoms with Gasteiger partial charge < -0.3 is 15.0 Å². The first-order valence-electron chi connectivity index (χ1n) is 6.93. The van der Waals surface area contributed by atoms with E-state index in [4.69, 9.17) is 4.74 Å². The highest BCUT2D eigenvalue weighted by Crippen LogP contribution is 2.49. The summed E-state index contributed by atoms with van der Waals surface area (Å²) in [6, 6.07) is 8.09. The van der Waals surface area contributed by atoms with Crippen molar-refractivity contribution in [1.82, 2.24) is 10.2 Å². The van der Waals surface area contributed by atoms with Crippen molar-refractivity contribution in [3.05, 3.63) is 29.8 Å². The summed E-state index contributed by atoms with van der Waals surface area (Å²) in [5.41, 5.74) is 1.23. The molecule has 1 N–H and O–H groups in total. The van der Waals surface area contributed by atoms with E-state index in [9.17, 15) is 4.79 Å². The zero-order valence-corrected chi connectivity index (χ0v) is 12.5. The summed E-state index contributed by atoms with van der Waals surface area (Å²) in [6.07, 6.45) is 0.982. The lowest BCUT2D eigenvalue weighted by Gasteiger charge is -2.27. The van der Waals surface area contributed by atoms with E-state index >= 15 is 0 Å². The molecule has 5 heteroatoms. The minimum Gasteiger partial charge on any atom is -0.497 e. The number of benzene rings is 1. The first-order chi connectivity index (χ1) is 9.29. The van der Waals surface area contributed by atoms with Crippen molar-refractivity contribution in [3.63, 3.8) is 0 Å². The van der Waals surface area contributed by atoms with Crippen molar-refractivity contribution in [2.45, 2.75) is 12.3 Å². The van der Waals surface area contributed by atoms with Crippen LogP contribution in [0.25, 0.3) is 0 Å². The molecule has 1 aromatic carbocycles. The molecule has 1 aliphatic heterocycles. The lowest BCUT2D eigenvalue weighted by atomic mass is 10.1. The Kier molecular flexibility index (Phi) is 4.89. The average molecular weight is 297 g/mol. The van der Waals surface area contributed by atoms with E-state index in [1.54, 1.807) is 7.11 Å². The van der Waals surface area contributed by atoms with Crippen LogP contribution in [0.4, 0.5) is 0 Å². The van der Waals surface area contributed by atoms with Gasteiger partial charge in [-0.3, -0.25) is 4.79 Å². The molecule has 2 atom stereocenters. The van der Waals surface area contributed by atoms with Crippen LogP contribution in [0.2, 0.25) is 0 Å². The van der Waals surface area contributed by atoms with Crippen molar-refractivity contribution >= 4 is 18.3 Å². The van der Waals surface area contributed by atoms with Gasteiger partial charge in [-0.25, -0.2) is 0 Å². The molecule has 1 amide bonds. The van der Waals surface area contributed by atoms with E-state index in [-0.39, 0.29) is 18.3 Å². The Morgan fingerprint density at radius 1 is 1.35 bits per heavy atom. The quantitative estimate of drug-likeness (QED) is 0.922. The van der Waals surface area contributed by atoms with Crippen LogP contribution in [0.5, 0.6) is 5.75 Å². The van der Waals surface area contributed by atoms with Gasteiger partial charge in [-0.2, -0.15) is 0 Å². The number of rotatable bonds is 3. The third kappa shape index (κ3) is 3.07.